The molecule has 1 aliphatic heterocycles. The van der Waals surface area contributed by atoms with E-state index in [2.05, 4.69) is 111 Å². The lowest BCUT2D eigenvalue weighted by atomic mass is 9.64. The van der Waals surface area contributed by atoms with E-state index in [1.807, 2.05) is 12.3 Å². The molecule has 1 aromatic carbocycles. The number of hydrogen-bond donors (Lipinski definition) is 0. The number of allylic oxidation sites excluding steroid dienone is 11. The van der Waals surface area contributed by atoms with Crippen molar-refractivity contribution in [2.24, 2.45) is 5.92 Å². The number of fused-ring (bicyclic) bond motifs is 3. The Balaban J connectivity index is 0.000000290. The number of benzene rings is 1. The van der Waals surface area contributed by atoms with Crippen LogP contribution in [0.1, 0.15) is 105 Å². The van der Waals surface area contributed by atoms with Gasteiger partial charge < -0.3 is 9.47 Å². The summed E-state index contributed by atoms with van der Waals surface area (Å²) in [5.74, 6) is 2.25. The predicted octanol–water partition coefficient (Wildman–Crippen LogP) is 11.3. The van der Waals surface area contributed by atoms with E-state index in [-0.39, 0.29) is 5.41 Å². The third-order valence-electron chi connectivity index (χ3n) is 8.32. The summed E-state index contributed by atoms with van der Waals surface area (Å²) in [5, 5.41) is 2.44. The summed E-state index contributed by atoms with van der Waals surface area (Å²) in [6, 6.07) is 4.23. The van der Waals surface area contributed by atoms with E-state index in [1.54, 1.807) is 0 Å². The van der Waals surface area contributed by atoms with E-state index >= 15 is 0 Å². The molecule has 3 aliphatic rings. The Hall–Kier alpha value is -3.33. The zero-order chi connectivity index (χ0) is 30.7. The summed E-state index contributed by atoms with van der Waals surface area (Å²) in [5.41, 5.74) is 7.82. The van der Waals surface area contributed by atoms with Gasteiger partial charge >= 0.3 is 0 Å². The van der Waals surface area contributed by atoms with Crippen LogP contribution in [-0.4, -0.2) is 18.2 Å². The highest BCUT2D eigenvalue weighted by atomic mass is 16.6. The average molecular weight is 568 g/mol. The summed E-state index contributed by atoms with van der Waals surface area (Å²) in [4.78, 5) is 4.90. The van der Waals surface area contributed by atoms with Crippen molar-refractivity contribution in [3.8, 4) is 11.5 Å². The molecule has 3 nitrogen and oxygen atoms in total. The van der Waals surface area contributed by atoms with Gasteiger partial charge in [0.25, 0.3) is 0 Å². The fraction of sp³-hybridized carbons (Fsp3) is 0.462. The maximum atomic E-state index is 6.15. The molecular weight excluding hydrogens is 514 g/mol. The quantitative estimate of drug-likeness (QED) is 0.246. The molecular formula is C39H53NO2. The highest BCUT2D eigenvalue weighted by Gasteiger charge is 2.42. The van der Waals surface area contributed by atoms with Gasteiger partial charge in [-0.15, -0.1) is 6.58 Å². The SMILES string of the molecule is C/C=C(C)\C=C(\C)CC.C=CCCC.CCC=CCC1CC=CC2=C1c1nccc3cc4c(c(c13)C2(C)C)OCCO4. The van der Waals surface area contributed by atoms with Gasteiger partial charge in [-0.25, -0.2) is 0 Å². The zero-order valence-electron chi connectivity index (χ0n) is 27.5. The summed E-state index contributed by atoms with van der Waals surface area (Å²) < 4.78 is 12.1. The third-order valence-corrected chi connectivity index (χ3v) is 8.32. The summed E-state index contributed by atoms with van der Waals surface area (Å²) in [6.45, 7) is 22.3. The van der Waals surface area contributed by atoms with Gasteiger partial charge in [0.2, 0.25) is 0 Å². The van der Waals surface area contributed by atoms with Gasteiger partial charge in [-0.1, -0.05) is 94.7 Å². The maximum absolute atomic E-state index is 6.15. The van der Waals surface area contributed by atoms with Crippen molar-refractivity contribution in [1.29, 1.82) is 0 Å². The molecule has 0 radical (unpaired) electrons. The molecule has 0 fully saturated rings. The third kappa shape index (κ3) is 7.54. The molecule has 0 amide bonds. The first kappa shape index (κ1) is 33.2. The lowest BCUT2D eigenvalue weighted by Crippen LogP contribution is -2.30. The van der Waals surface area contributed by atoms with E-state index in [9.17, 15) is 0 Å². The molecule has 1 unspecified atom stereocenters. The number of nitrogens with zero attached hydrogens (tertiary/aromatic N) is 1. The second kappa shape index (κ2) is 15.8. The number of hydrogen-bond acceptors (Lipinski definition) is 3. The normalized spacial score (nSPS) is 18.6. The summed E-state index contributed by atoms with van der Waals surface area (Å²) in [6.07, 6.45) is 24.2. The second-order valence-corrected chi connectivity index (χ2v) is 11.9. The van der Waals surface area contributed by atoms with Crippen molar-refractivity contribution < 1.29 is 9.47 Å². The van der Waals surface area contributed by atoms with Crippen LogP contribution in [0.2, 0.25) is 0 Å². The highest BCUT2D eigenvalue weighted by molar-refractivity contribution is 6.03. The Morgan fingerprint density at radius 3 is 2.52 bits per heavy atom. The van der Waals surface area contributed by atoms with E-state index in [0.717, 1.165) is 49.3 Å². The molecule has 0 saturated heterocycles. The topological polar surface area (TPSA) is 31.4 Å². The minimum atomic E-state index is -0.153. The molecule has 0 N–H and O–H groups in total. The van der Waals surface area contributed by atoms with Crippen LogP contribution in [0, 0.1) is 5.92 Å². The van der Waals surface area contributed by atoms with Crippen molar-refractivity contribution in [1.82, 2.24) is 4.98 Å². The van der Waals surface area contributed by atoms with Crippen LogP contribution in [0.5, 0.6) is 11.5 Å². The fourth-order valence-corrected chi connectivity index (χ4v) is 5.85. The molecule has 5 rings (SSSR count). The molecule has 0 saturated carbocycles. The van der Waals surface area contributed by atoms with Crippen LogP contribution in [0.4, 0.5) is 0 Å². The van der Waals surface area contributed by atoms with E-state index in [0.29, 0.717) is 19.1 Å². The molecule has 2 aliphatic carbocycles. The Morgan fingerprint density at radius 2 is 1.88 bits per heavy atom. The first-order valence-corrected chi connectivity index (χ1v) is 15.9. The maximum Gasteiger partial charge on any atom is 0.166 e. The van der Waals surface area contributed by atoms with Gasteiger partial charge in [0.05, 0.1) is 5.69 Å². The van der Waals surface area contributed by atoms with Crippen LogP contribution < -0.4 is 9.47 Å². The average Bonchev–Trinajstić information content (AvgIpc) is 3.00. The number of ether oxygens (including phenoxy) is 2. The summed E-state index contributed by atoms with van der Waals surface area (Å²) >= 11 is 0. The van der Waals surface area contributed by atoms with Crippen LogP contribution in [-0.2, 0) is 5.41 Å². The first-order chi connectivity index (χ1) is 20.2. The zero-order valence-corrected chi connectivity index (χ0v) is 27.5. The molecule has 0 bridgehead atoms. The predicted molar refractivity (Wildman–Crippen MR) is 183 cm³/mol. The minimum Gasteiger partial charge on any atom is -0.486 e. The standard InChI is InChI=1S/C25H27NO2.C9H16.C5H10/c1-4-5-6-8-16-9-7-10-18-20(16)23-21-17(11-12-26-23)15-19-24(28-14-13-27-19)22(21)25(18,2)3;1-5-8(3)7-9(4)6-2;1-3-5-4-2/h5-7,10-12,15-16H,4,8-9,13-14H2,1-3H3;5,7H,6H2,1-4H3;3H,1,4-5H2,2H3/b;8-5-,9-7-;. The molecule has 2 heterocycles. The fourth-order valence-electron chi connectivity index (χ4n) is 5.85. The highest BCUT2D eigenvalue weighted by Crippen LogP contribution is 2.56. The largest absolute Gasteiger partial charge is 0.486 e. The van der Waals surface area contributed by atoms with Crippen molar-refractivity contribution in [2.75, 3.05) is 13.2 Å². The number of rotatable bonds is 7. The lowest BCUT2D eigenvalue weighted by Gasteiger charge is -2.41. The number of pyridine rings is 1. The van der Waals surface area contributed by atoms with Crippen LogP contribution in [0.15, 0.2) is 84.2 Å². The van der Waals surface area contributed by atoms with Gasteiger partial charge in [-0.05, 0) is 87.5 Å². The van der Waals surface area contributed by atoms with Crippen molar-refractivity contribution >= 4 is 16.3 Å². The number of unbranched alkanes of at least 4 members (excludes halogenated alkanes) is 1. The minimum absolute atomic E-state index is 0.153. The molecule has 2 aromatic rings. The van der Waals surface area contributed by atoms with Gasteiger partial charge in [0.1, 0.15) is 13.2 Å². The van der Waals surface area contributed by atoms with Gasteiger partial charge in [-0.3, -0.25) is 4.98 Å². The van der Waals surface area contributed by atoms with Gasteiger partial charge in [0.15, 0.2) is 11.5 Å². The molecule has 0 spiro atoms. The van der Waals surface area contributed by atoms with Crippen molar-refractivity contribution in [2.45, 2.75) is 99.3 Å². The Bertz CT molecular complexity index is 1380. The van der Waals surface area contributed by atoms with Crippen molar-refractivity contribution in [3.63, 3.8) is 0 Å². The smallest absolute Gasteiger partial charge is 0.166 e. The Labute approximate surface area is 255 Å². The first-order valence-electron chi connectivity index (χ1n) is 15.9. The molecule has 226 valence electrons. The molecule has 42 heavy (non-hydrogen) atoms. The second-order valence-electron chi connectivity index (χ2n) is 11.9. The van der Waals surface area contributed by atoms with Crippen LogP contribution in [0.3, 0.4) is 0 Å². The van der Waals surface area contributed by atoms with Crippen LogP contribution >= 0.6 is 0 Å². The van der Waals surface area contributed by atoms with Gasteiger partial charge in [-0.2, -0.15) is 0 Å². The Kier molecular flexibility index (Phi) is 12.5. The van der Waals surface area contributed by atoms with E-state index in [1.165, 1.54) is 45.0 Å². The van der Waals surface area contributed by atoms with Crippen molar-refractivity contribution in [3.05, 3.63) is 95.4 Å². The summed E-state index contributed by atoms with van der Waals surface area (Å²) in [7, 11) is 0. The lowest BCUT2D eigenvalue weighted by molar-refractivity contribution is 0.169. The van der Waals surface area contributed by atoms with Gasteiger partial charge in [0, 0.05) is 22.6 Å². The molecule has 1 atom stereocenters. The molecule has 3 heteroatoms. The van der Waals surface area contributed by atoms with E-state index in [4.69, 9.17) is 14.5 Å². The Morgan fingerprint density at radius 1 is 1.12 bits per heavy atom. The van der Waals surface area contributed by atoms with E-state index < -0.39 is 0 Å². The monoisotopic (exact) mass is 567 g/mol. The van der Waals surface area contributed by atoms with Crippen LogP contribution in [0.25, 0.3) is 16.3 Å². The molecule has 1 aromatic heterocycles. The number of aromatic nitrogens is 1.